The van der Waals surface area contributed by atoms with Crippen molar-refractivity contribution in [3.8, 4) is 0 Å². The Morgan fingerprint density at radius 2 is 2.50 bits per heavy atom. The monoisotopic (exact) mass is 131 g/mol. The van der Waals surface area contributed by atoms with E-state index in [0.717, 1.165) is 12.6 Å². The third-order valence-corrected chi connectivity index (χ3v) is 3.99. The summed E-state index contributed by atoms with van der Waals surface area (Å²) in [6, 6.07) is 0. The molecule has 1 nitrogen and oxygen atoms in total. The summed E-state index contributed by atoms with van der Waals surface area (Å²) in [7, 11) is -0.779. The van der Waals surface area contributed by atoms with E-state index in [9.17, 15) is 4.57 Å². The van der Waals surface area contributed by atoms with E-state index in [4.69, 9.17) is 0 Å². The van der Waals surface area contributed by atoms with Crippen LogP contribution in [0.3, 0.4) is 0 Å². The van der Waals surface area contributed by atoms with Crippen molar-refractivity contribution >= 4 is 7.80 Å². The zero-order valence-electron chi connectivity index (χ0n) is 5.26. The van der Waals surface area contributed by atoms with Gasteiger partial charge in [0.2, 0.25) is 0 Å². The van der Waals surface area contributed by atoms with Crippen molar-refractivity contribution in [3.63, 3.8) is 0 Å². The minimum absolute atomic E-state index is 0.574. The predicted octanol–water partition coefficient (Wildman–Crippen LogP) is 2.39. The van der Waals surface area contributed by atoms with E-state index in [0.29, 0.717) is 5.66 Å². The van der Waals surface area contributed by atoms with Crippen molar-refractivity contribution in [1.82, 2.24) is 0 Å². The van der Waals surface area contributed by atoms with E-state index in [1.165, 1.54) is 12.8 Å². The van der Waals surface area contributed by atoms with Gasteiger partial charge in [0.1, 0.15) is 0 Å². The standard InChI is InChI=1S/C6H12OP/c1-2-6-4-3-5-8(6)7/h6H,2-5H2,1H3. The number of rotatable bonds is 1. The molecule has 2 unspecified atom stereocenters. The molecule has 1 aliphatic heterocycles. The molecule has 2 heteroatoms. The fraction of sp³-hybridized carbons (Fsp3) is 1.00. The summed E-state index contributed by atoms with van der Waals surface area (Å²) in [6.45, 7) is 2.13. The van der Waals surface area contributed by atoms with Gasteiger partial charge in [-0.25, -0.2) is 0 Å². The van der Waals surface area contributed by atoms with Crippen molar-refractivity contribution in [2.45, 2.75) is 31.8 Å². The molecule has 0 aromatic heterocycles. The molecule has 47 valence electrons. The Bertz CT molecular complexity index is 101. The topological polar surface area (TPSA) is 17.1 Å². The molecule has 2 atom stereocenters. The van der Waals surface area contributed by atoms with Gasteiger partial charge in [0.15, 0.2) is 0 Å². The fourth-order valence-corrected chi connectivity index (χ4v) is 2.95. The maximum Gasteiger partial charge on any atom is 0.0750 e. The predicted molar refractivity (Wildman–Crippen MR) is 35.8 cm³/mol. The Kier molecular flexibility index (Phi) is 2.01. The smallest absolute Gasteiger partial charge is 0.0750 e. The lowest BCUT2D eigenvalue weighted by Gasteiger charge is -1.99. The molecule has 0 amide bonds. The molecule has 0 aliphatic carbocycles. The fourth-order valence-electron chi connectivity index (χ4n) is 1.22. The molecule has 0 N–H and O–H groups in total. The van der Waals surface area contributed by atoms with E-state index in [2.05, 4.69) is 6.92 Å². The highest BCUT2D eigenvalue weighted by atomic mass is 31.1. The molecule has 1 saturated heterocycles. The Morgan fingerprint density at radius 1 is 1.75 bits per heavy atom. The van der Waals surface area contributed by atoms with Gasteiger partial charge in [-0.3, -0.25) is 4.57 Å². The van der Waals surface area contributed by atoms with Crippen LogP contribution in [0.4, 0.5) is 0 Å². The largest absolute Gasteiger partial charge is 0.287 e. The highest BCUT2D eigenvalue weighted by Gasteiger charge is 2.20. The van der Waals surface area contributed by atoms with Gasteiger partial charge in [-0.1, -0.05) is 6.92 Å². The zero-order chi connectivity index (χ0) is 5.98. The molecule has 0 aromatic rings. The Balaban J connectivity index is 2.42. The molecule has 0 saturated carbocycles. The maximum atomic E-state index is 11.0. The Labute approximate surface area is 51.3 Å². The second-order valence-corrected chi connectivity index (χ2v) is 4.36. The summed E-state index contributed by atoms with van der Waals surface area (Å²) in [4.78, 5) is 0. The van der Waals surface area contributed by atoms with Crippen LogP contribution in [0.1, 0.15) is 26.2 Å². The van der Waals surface area contributed by atoms with Crippen molar-refractivity contribution in [2.75, 3.05) is 6.16 Å². The molecule has 8 heavy (non-hydrogen) atoms. The van der Waals surface area contributed by atoms with Crippen LogP contribution in [0, 0.1) is 0 Å². The number of hydrogen-bond acceptors (Lipinski definition) is 1. The van der Waals surface area contributed by atoms with Gasteiger partial charge < -0.3 is 0 Å². The van der Waals surface area contributed by atoms with E-state index in [1.807, 2.05) is 0 Å². The summed E-state index contributed by atoms with van der Waals surface area (Å²) in [5.41, 5.74) is 0.574. The SMILES string of the molecule is CCC1CCC[P]1=O. The molecule has 1 heterocycles. The van der Waals surface area contributed by atoms with Gasteiger partial charge in [0.05, 0.1) is 7.80 Å². The van der Waals surface area contributed by atoms with Crippen LogP contribution in [0.25, 0.3) is 0 Å². The van der Waals surface area contributed by atoms with Crippen molar-refractivity contribution in [2.24, 2.45) is 0 Å². The van der Waals surface area contributed by atoms with Crippen LogP contribution in [0.5, 0.6) is 0 Å². The second-order valence-electron chi connectivity index (χ2n) is 2.34. The lowest BCUT2D eigenvalue weighted by atomic mass is 10.2. The van der Waals surface area contributed by atoms with Crippen molar-refractivity contribution in [3.05, 3.63) is 0 Å². The molecule has 1 radical (unpaired) electrons. The summed E-state index contributed by atoms with van der Waals surface area (Å²) < 4.78 is 11.0. The van der Waals surface area contributed by atoms with Gasteiger partial charge in [0.25, 0.3) is 0 Å². The minimum atomic E-state index is -0.779. The first-order chi connectivity index (χ1) is 3.84. The van der Waals surface area contributed by atoms with E-state index in [1.54, 1.807) is 0 Å². The summed E-state index contributed by atoms with van der Waals surface area (Å²) in [5.74, 6) is 0. The van der Waals surface area contributed by atoms with E-state index < -0.39 is 7.80 Å². The van der Waals surface area contributed by atoms with Gasteiger partial charge in [-0.05, 0) is 19.3 Å². The molecule has 1 fully saturated rings. The minimum Gasteiger partial charge on any atom is -0.287 e. The molecule has 0 aromatic carbocycles. The normalized spacial score (nSPS) is 33.6. The molecule has 1 rings (SSSR count). The van der Waals surface area contributed by atoms with Crippen LogP contribution >= 0.6 is 7.80 Å². The first-order valence-electron chi connectivity index (χ1n) is 3.28. The van der Waals surface area contributed by atoms with E-state index >= 15 is 0 Å². The highest BCUT2D eigenvalue weighted by Crippen LogP contribution is 2.40. The first kappa shape index (κ1) is 6.22. The highest BCUT2D eigenvalue weighted by molar-refractivity contribution is 7.45. The first-order valence-corrected chi connectivity index (χ1v) is 4.79. The quantitative estimate of drug-likeness (QED) is 0.499. The Hall–Kier alpha value is 0.100. The third-order valence-electron chi connectivity index (χ3n) is 1.79. The van der Waals surface area contributed by atoms with Gasteiger partial charge in [0, 0.05) is 11.8 Å². The van der Waals surface area contributed by atoms with Crippen LogP contribution in [-0.2, 0) is 4.57 Å². The molecule has 1 aliphatic rings. The van der Waals surface area contributed by atoms with Gasteiger partial charge >= 0.3 is 0 Å². The lowest BCUT2D eigenvalue weighted by molar-refractivity contribution is 0.582. The Morgan fingerprint density at radius 3 is 2.75 bits per heavy atom. The van der Waals surface area contributed by atoms with Crippen molar-refractivity contribution in [1.29, 1.82) is 0 Å². The van der Waals surface area contributed by atoms with Crippen LogP contribution < -0.4 is 0 Å². The molecular formula is C6H12OP. The van der Waals surface area contributed by atoms with Gasteiger partial charge in [-0.15, -0.1) is 0 Å². The average molecular weight is 131 g/mol. The summed E-state index contributed by atoms with van der Waals surface area (Å²) in [5, 5.41) is 0. The number of hydrogen-bond donors (Lipinski definition) is 0. The van der Waals surface area contributed by atoms with Gasteiger partial charge in [-0.2, -0.15) is 0 Å². The van der Waals surface area contributed by atoms with Crippen molar-refractivity contribution < 1.29 is 4.57 Å². The van der Waals surface area contributed by atoms with Crippen LogP contribution in [0.15, 0.2) is 0 Å². The average Bonchev–Trinajstić information content (AvgIpc) is 2.14. The van der Waals surface area contributed by atoms with Crippen LogP contribution in [0.2, 0.25) is 0 Å². The van der Waals surface area contributed by atoms with Crippen LogP contribution in [-0.4, -0.2) is 11.8 Å². The zero-order valence-corrected chi connectivity index (χ0v) is 6.16. The third kappa shape index (κ3) is 1.08. The summed E-state index contributed by atoms with van der Waals surface area (Å²) in [6.07, 6.45) is 4.53. The molecule has 0 bridgehead atoms. The summed E-state index contributed by atoms with van der Waals surface area (Å²) >= 11 is 0. The molecule has 0 spiro atoms. The maximum absolute atomic E-state index is 11.0. The second kappa shape index (κ2) is 2.59. The molecular weight excluding hydrogens is 119 g/mol. The lowest BCUT2D eigenvalue weighted by Crippen LogP contribution is -1.90. The van der Waals surface area contributed by atoms with E-state index in [-0.39, 0.29) is 0 Å².